The minimum atomic E-state index is -0.290. The van der Waals surface area contributed by atoms with Crippen molar-refractivity contribution >= 4 is 22.8 Å². The standard InChI is InChI=1S/C27H33FN4O3/c28-23-10-8-20(9-11-23)18-35-19-26(33)29-13-4-3-5-21-16-32(17-21)27(34)30-14-12-22-15-31-25-7-2-1-6-24(22)25/h1-2,6-11,15,21,31H,3-5,12-14,16-19H2,(H,29,33)(H,30,34). The molecule has 3 N–H and O–H groups in total. The smallest absolute Gasteiger partial charge is 0.317 e. The normalized spacial score (nSPS) is 13.6. The summed E-state index contributed by atoms with van der Waals surface area (Å²) in [5, 5.41) is 7.09. The van der Waals surface area contributed by atoms with E-state index >= 15 is 0 Å². The number of hydrogen-bond acceptors (Lipinski definition) is 3. The molecular weight excluding hydrogens is 447 g/mol. The first kappa shape index (κ1) is 24.7. The van der Waals surface area contributed by atoms with E-state index in [4.69, 9.17) is 4.74 Å². The van der Waals surface area contributed by atoms with Crippen LogP contribution in [0.4, 0.5) is 9.18 Å². The number of unbranched alkanes of at least 4 members (excludes halogenated alkanes) is 1. The Hall–Kier alpha value is -3.39. The number of H-pyrrole nitrogens is 1. The summed E-state index contributed by atoms with van der Waals surface area (Å²) in [7, 11) is 0. The highest BCUT2D eigenvalue weighted by Crippen LogP contribution is 2.21. The van der Waals surface area contributed by atoms with E-state index in [0.29, 0.717) is 19.0 Å². The number of aromatic nitrogens is 1. The van der Waals surface area contributed by atoms with Crippen LogP contribution in [0.15, 0.2) is 54.7 Å². The molecule has 1 fully saturated rings. The quantitative estimate of drug-likeness (QED) is 0.343. The summed E-state index contributed by atoms with van der Waals surface area (Å²) in [5.74, 6) is 0.0945. The highest BCUT2D eigenvalue weighted by atomic mass is 19.1. The Morgan fingerprint density at radius 1 is 1.03 bits per heavy atom. The number of fused-ring (bicyclic) bond motifs is 1. The fourth-order valence-corrected chi connectivity index (χ4v) is 4.35. The van der Waals surface area contributed by atoms with Crippen LogP contribution < -0.4 is 10.6 Å². The van der Waals surface area contributed by atoms with Gasteiger partial charge in [-0.2, -0.15) is 0 Å². The second-order valence-corrected chi connectivity index (χ2v) is 9.08. The average molecular weight is 481 g/mol. The molecule has 1 saturated heterocycles. The lowest BCUT2D eigenvalue weighted by molar-refractivity contribution is -0.126. The number of amides is 3. The van der Waals surface area contributed by atoms with Crippen molar-refractivity contribution < 1.29 is 18.7 Å². The summed E-state index contributed by atoms with van der Waals surface area (Å²) in [6, 6.07) is 14.2. The van der Waals surface area contributed by atoms with Gasteiger partial charge in [-0.3, -0.25) is 4.79 Å². The number of carbonyl (C=O) groups excluding carboxylic acids is 2. The van der Waals surface area contributed by atoms with Crippen LogP contribution in [0, 0.1) is 11.7 Å². The van der Waals surface area contributed by atoms with Crippen LogP contribution in [0.2, 0.25) is 0 Å². The van der Waals surface area contributed by atoms with Crippen molar-refractivity contribution in [1.29, 1.82) is 0 Å². The molecule has 4 rings (SSSR count). The number of nitrogens with zero attached hydrogens (tertiary/aromatic N) is 1. The Kier molecular flexibility index (Phi) is 8.73. The molecule has 186 valence electrons. The number of nitrogens with one attached hydrogen (secondary N) is 3. The first-order chi connectivity index (χ1) is 17.1. The third-order valence-corrected chi connectivity index (χ3v) is 6.37. The lowest BCUT2D eigenvalue weighted by Gasteiger charge is -2.39. The van der Waals surface area contributed by atoms with Gasteiger partial charge in [0.15, 0.2) is 0 Å². The van der Waals surface area contributed by atoms with E-state index in [2.05, 4.69) is 27.8 Å². The molecule has 1 aliphatic heterocycles. The zero-order valence-corrected chi connectivity index (χ0v) is 19.9. The predicted octanol–water partition coefficient (Wildman–Crippen LogP) is 3.99. The summed E-state index contributed by atoms with van der Waals surface area (Å²) >= 11 is 0. The molecule has 0 unspecified atom stereocenters. The van der Waals surface area contributed by atoms with Crippen LogP contribution in [0.5, 0.6) is 0 Å². The van der Waals surface area contributed by atoms with Crippen LogP contribution in [0.1, 0.15) is 30.4 Å². The van der Waals surface area contributed by atoms with Gasteiger partial charge in [-0.05, 0) is 54.5 Å². The average Bonchev–Trinajstić information content (AvgIpc) is 3.24. The maximum absolute atomic E-state index is 12.9. The Labute approximate surface area is 205 Å². The third kappa shape index (κ3) is 7.29. The molecule has 0 saturated carbocycles. The van der Waals surface area contributed by atoms with E-state index in [1.54, 1.807) is 12.1 Å². The van der Waals surface area contributed by atoms with Gasteiger partial charge in [0.05, 0.1) is 6.61 Å². The van der Waals surface area contributed by atoms with Gasteiger partial charge >= 0.3 is 6.03 Å². The summed E-state index contributed by atoms with van der Waals surface area (Å²) in [4.78, 5) is 29.3. The molecule has 8 heteroatoms. The van der Waals surface area contributed by atoms with Gasteiger partial charge < -0.3 is 25.3 Å². The van der Waals surface area contributed by atoms with Crippen molar-refractivity contribution in [3.63, 3.8) is 0 Å². The maximum Gasteiger partial charge on any atom is 0.317 e. The second kappa shape index (κ2) is 12.4. The number of urea groups is 1. The molecule has 2 aromatic carbocycles. The van der Waals surface area contributed by atoms with Crippen molar-refractivity contribution in [3.8, 4) is 0 Å². The predicted molar refractivity (Wildman–Crippen MR) is 133 cm³/mol. The maximum atomic E-state index is 12.9. The molecule has 3 amide bonds. The number of halogens is 1. The van der Waals surface area contributed by atoms with E-state index in [-0.39, 0.29) is 31.0 Å². The van der Waals surface area contributed by atoms with Crippen LogP contribution in [0.3, 0.4) is 0 Å². The molecule has 1 aromatic heterocycles. The fourth-order valence-electron chi connectivity index (χ4n) is 4.35. The number of rotatable bonds is 12. The molecule has 1 aliphatic rings. The van der Waals surface area contributed by atoms with E-state index < -0.39 is 0 Å². The Balaban J connectivity index is 0.994. The molecule has 0 bridgehead atoms. The van der Waals surface area contributed by atoms with Gasteiger partial charge in [0.25, 0.3) is 0 Å². The van der Waals surface area contributed by atoms with Gasteiger partial charge in [-0.25, -0.2) is 9.18 Å². The third-order valence-electron chi connectivity index (χ3n) is 6.37. The molecule has 0 atom stereocenters. The lowest BCUT2D eigenvalue weighted by atomic mass is 9.94. The number of hydrogen-bond donors (Lipinski definition) is 3. The second-order valence-electron chi connectivity index (χ2n) is 9.08. The highest BCUT2D eigenvalue weighted by Gasteiger charge is 2.29. The van der Waals surface area contributed by atoms with Gasteiger partial charge in [-0.15, -0.1) is 0 Å². The highest BCUT2D eigenvalue weighted by molar-refractivity contribution is 5.83. The molecule has 7 nitrogen and oxygen atoms in total. The lowest BCUT2D eigenvalue weighted by Crippen LogP contribution is -2.53. The van der Waals surface area contributed by atoms with E-state index in [1.165, 1.54) is 23.1 Å². The van der Waals surface area contributed by atoms with Crippen molar-refractivity contribution in [3.05, 3.63) is 71.7 Å². The zero-order valence-electron chi connectivity index (χ0n) is 19.9. The van der Waals surface area contributed by atoms with Gasteiger partial charge in [0, 0.05) is 43.3 Å². The van der Waals surface area contributed by atoms with Crippen molar-refractivity contribution in [2.24, 2.45) is 5.92 Å². The van der Waals surface area contributed by atoms with Crippen LogP contribution in [-0.4, -0.2) is 54.6 Å². The Bertz CT molecular complexity index is 1110. The van der Waals surface area contributed by atoms with Gasteiger partial charge in [0.2, 0.25) is 5.91 Å². The number of carbonyl (C=O) groups is 2. The van der Waals surface area contributed by atoms with Gasteiger partial charge in [0.1, 0.15) is 12.4 Å². The Morgan fingerprint density at radius 2 is 1.83 bits per heavy atom. The summed E-state index contributed by atoms with van der Waals surface area (Å²) < 4.78 is 18.2. The fraction of sp³-hybridized carbons (Fsp3) is 0.407. The number of para-hydroxylation sites is 1. The first-order valence-corrected chi connectivity index (χ1v) is 12.2. The van der Waals surface area contributed by atoms with Crippen molar-refractivity contribution in [2.75, 3.05) is 32.8 Å². The van der Waals surface area contributed by atoms with E-state index in [1.807, 2.05) is 23.2 Å². The number of benzene rings is 2. The van der Waals surface area contributed by atoms with Gasteiger partial charge in [-0.1, -0.05) is 36.8 Å². The number of ether oxygens (including phenoxy) is 1. The minimum absolute atomic E-state index is 0.00833. The molecule has 0 spiro atoms. The number of likely N-dealkylation sites (tertiary alicyclic amines) is 1. The minimum Gasteiger partial charge on any atom is -0.367 e. The Morgan fingerprint density at radius 3 is 2.66 bits per heavy atom. The van der Waals surface area contributed by atoms with Crippen molar-refractivity contribution in [1.82, 2.24) is 20.5 Å². The topological polar surface area (TPSA) is 86.5 Å². The number of aromatic amines is 1. The molecule has 0 aliphatic carbocycles. The van der Waals surface area contributed by atoms with Crippen molar-refractivity contribution in [2.45, 2.75) is 32.3 Å². The molecule has 35 heavy (non-hydrogen) atoms. The molecule has 2 heterocycles. The summed E-state index contributed by atoms with van der Waals surface area (Å²) in [6.07, 6.45) is 5.78. The van der Waals surface area contributed by atoms with Crippen LogP contribution in [-0.2, 0) is 22.6 Å². The summed E-state index contributed by atoms with van der Waals surface area (Å²) in [6.45, 7) is 3.09. The van der Waals surface area contributed by atoms with Crippen LogP contribution in [0.25, 0.3) is 10.9 Å². The van der Waals surface area contributed by atoms with E-state index in [0.717, 1.165) is 49.9 Å². The molecule has 0 radical (unpaired) electrons. The first-order valence-electron chi connectivity index (χ1n) is 12.2. The van der Waals surface area contributed by atoms with E-state index in [9.17, 15) is 14.0 Å². The molecular formula is C27H33FN4O3. The zero-order chi connectivity index (χ0) is 24.5. The monoisotopic (exact) mass is 480 g/mol. The summed E-state index contributed by atoms with van der Waals surface area (Å²) in [5.41, 5.74) is 3.17. The van der Waals surface area contributed by atoms with Crippen LogP contribution >= 0.6 is 0 Å². The SMILES string of the molecule is O=C(COCc1ccc(F)cc1)NCCCCC1CN(C(=O)NCCc2c[nH]c3ccccc23)C1. The largest absolute Gasteiger partial charge is 0.367 e. The molecule has 3 aromatic rings.